The van der Waals surface area contributed by atoms with E-state index in [1.807, 2.05) is 18.2 Å². The lowest BCUT2D eigenvalue weighted by molar-refractivity contribution is 0.268. The first-order chi connectivity index (χ1) is 6.70. The molecule has 0 heterocycles. The van der Waals surface area contributed by atoms with Crippen LogP contribution in [0.25, 0.3) is 0 Å². The summed E-state index contributed by atoms with van der Waals surface area (Å²) >= 11 is 3.35. The SMILES string of the molecule is CC(c1cccc(Br)c1O)C1CCC1. The molecule has 1 unspecified atom stereocenters. The van der Waals surface area contributed by atoms with E-state index < -0.39 is 0 Å². The minimum absolute atomic E-state index is 0.423. The van der Waals surface area contributed by atoms with Crippen molar-refractivity contribution < 1.29 is 5.11 Å². The Hall–Kier alpha value is -0.500. The molecule has 1 saturated carbocycles. The van der Waals surface area contributed by atoms with E-state index in [1.54, 1.807) is 0 Å². The highest BCUT2D eigenvalue weighted by Crippen LogP contribution is 2.43. The van der Waals surface area contributed by atoms with Gasteiger partial charge in [-0.1, -0.05) is 25.5 Å². The molecule has 0 saturated heterocycles. The summed E-state index contributed by atoms with van der Waals surface area (Å²) in [6.45, 7) is 2.21. The van der Waals surface area contributed by atoms with E-state index in [4.69, 9.17) is 0 Å². The molecule has 0 radical (unpaired) electrons. The molecule has 2 heteroatoms. The normalized spacial score (nSPS) is 19.0. The highest BCUT2D eigenvalue weighted by molar-refractivity contribution is 9.10. The van der Waals surface area contributed by atoms with Crippen molar-refractivity contribution in [1.29, 1.82) is 0 Å². The van der Waals surface area contributed by atoms with E-state index in [0.717, 1.165) is 16.0 Å². The van der Waals surface area contributed by atoms with Gasteiger partial charge in [0.15, 0.2) is 0 Å². The van der Waals surface area contributed by atoms with Crippen molar-refractivity contribution in [2.75, 3.05) is 0 Å². The molecule has 1 aromatic carbocycles. The molecule has 14 heavy (non-hydrogen) atoms. The molecule has 0 amide bonds. The van der Waals surface area contributed by atoms with E-state index >= 15 is 0 Å². The standard InChI is InChI=1S/C12H15BrO/c1-8(9-4-2-5-9)10-6-3-7-11(13)12(10)14/h3,6-9,14H,2,4-5H2,1H3. The monoisotopic (exact) mass is 254 g/mol. The number of hydrogen-bond donors (Lipinski definition) is 1. The molecule has 1 aliphatic carbocycles. The Balaban J connectivity index is 2.26. The number of halogens is 1. The molecule has 2 rings (SSSR count). The maximum Gasteiger partial charge on any atom is 0.133 e. The van der Waals surface area contributed by atoms with Crippen LogP contribution in [0.2, 0.25) is 0 Å². The third-order valence-electron chi connectivity index (χ3n) is 3.37. The Morgan fingerprint density at radius 2 is 2.14 bits per heavy atom. The second-order valence-corrected chi connectivity index (χ2v) is 5.01. The highest BCUT2D eigenvalue weighted by atomic mass is 79.9. The molecule has 0 aliphatic heterocycles. The summed E-state index contributed by atoms with van der Waals surface area (Å²) in [5.74, 6) is 1.68. The molecule has 1 N–H and O–H groups in total. The molecule has 76 valence electrons. The van der Waals surface area contributed by atoms with E-state index in [-0.39, 0.29) is 0 Å². The number of phenols is 1. The van der Waals surface area contributed by atoms with E-state index in [9.17, 15) is 5.11 Å². The molecule has 1 aromatic rings. The van der Waals surface area contributed by atoms with Gasteiger partial charge in [-0.15, -0.1) is 0 Å². The number of hydrogen-bond acceptors (Lipinski definition) is 1. The van der Waals surface area contributed by atoms with Crippen molar-refractivity contribution in [1.82, 2.24) is 0 Å². The lowest BCUT2D eigenvalue weighted by Crippen LogP contribution is -2.18. The Morgan fingerprint density at radius 3 is 2.71 bits per heavy atom. The Bertz CT molecular complexity index is 331. The van der Waals surface area contributed by atoms with Crippen LogP contribution in [0.1, 0.15) is 37.7 Å². The molecule has 1 fully saturated rings. The zero-order valence-corrected chi connectivity index (χ0v) is 9.92. The topological polar surface area (TPSA) is 20.2 Å². The lowest BCUT2D eigenvalue weighted by atomic mass is 9.74. The van der Waals surface area contributed by atoms with Gasteiger partial charge in [-0.3, -0.25) is 0 Å². The maximum absolute atomic E-state index is 9.89. The fourth-order valence-corrected chi connectivity index (χ4v) is 2.47. The Labute approximate surface area is 93.3 Å². The van der Waals surface area contributed by atoms with Gasteiger partial charge < -0.3 is 5.11 Å². The number of aromatic hydroxyl groups is 1. The van der Waals surface area contributed by atoms with Crippen LogP contribution in [0.5, 0.6) is 5.75 Å². The molecule has 1 atom stereocenters. The summed E-state index contributed by atoms with van der Waals surface area (Å²) in [7, 11) is 0. The summed E-state index contributed by atoms with van der Waals surface area (Å²) in [5, 5.41) is 9.89. The van der Waals surface area contributed by atoms with Gasteiger partial charge in [0.1, 0.15) is 5.75 Å². The summed E-state index contributed by atoms with van der Waals surface area (Å²) in [5.41, 5.74) is 1.09. The van der Waals surface area contributed by atoms with Crippen LogP contribution in [0.3, 0.4) is 0 Å². The van der Waals surface area contributed by atoms with E-state index in [0.29, 0.717) is 11.7 Å². The molecular formula is C12H15BrO. The maximum atomic E-state index is 9.89. The lowest BCUT2D eigenvalue weighted by Gasteiger charge is -2.32. The molecule has 1 nitrogen and oxygen atoms in total. The van der Waals surface area contributed by atoms with Crippen molar-refractivity contribution in [3.63, 3.8) is 0 Å². The third kappa shape index (κ3) is 1.68. The summed E-state index contributed by atoms with van der Waals surface area (Å²) in [6.07, 6.45) is 3.98. The fourth-order valence-electron chi connectivity index (χ4n) is 2.09. The second kappa shape index (κ2) is 3.93. The van der Waals surface area contributed by atoms with Crippen LogP contribution < -0.4 is 0 Å². The zero-order chi connectivity index (χ0) is 10.1. The van der Waals surface area contributed by atoms with Crippen molar-refractivity contribution in [3.8, 4) is 5.75 Å². The van der Waals surface area contributed by atoms with Gasteiger partial charge >= 0.3 is 0 Å². The molecule has 1 aliphatic rings. The first-order valence-corrected chi connectivity index (χ1v) is 5.97. The van der Waals surface area contributed by atoms with Gasteiger partial charge in [0.25, 0.3) is 0 Å². The first kappa shape index (κ1) is 10.0. The minimum atomic E-state index is 0.423. The van der Waals surface area contributed by atoms with E-state index in [1.165, 1.54) is 19.3 Å². The largest absolute Gasteiger partial charge is 0.506 e. The van der Waals surface area contributed by atoms with Gasteiger partial charge in [0, 0.05) is 0 Å². The smallest absolute Gasteiger partial charge is 0.133 e. The zero-order valence-electron chi connectivity index (χ0n) is 8.33. The average Bonchev–Trinajstić information content (AvgIpc) is 2.06. The number of phenolic OH excluding ortho intramolecular Hbond substituents is 1. The van der Waals surface area contributed by atoms with Crippen LogP contribution >= 0.6 is 15.9 Å². The van der Waals surface area contributed by atoms with Crippen molar-refractivity contribution >= 4 is 15.9 Å². The quantitative estimate of drug-likeness (QED) is 0.844. The van der Waals surface area contributed by atoms with E-state index in [2.05, 4.69) is 22.9 Å². The second-order valence-electron chi connectivity index (χ2n) is 4.16. The molecular weight excluding hydrogens is 240 g/mol. The Morgan fingerprint density at radius 1 is 1.43 bits per heavy atom. The van der Waals surface area contributed by atoms with Gasteiger partial charge in [0.05, 0.1) is 4.47 Å². The van der Waals surface area contributed by atoms with Crippen LogP contribution in [0, 0.1) is 5.92 Å². The number of rotatable bonds is 2. The number of benzene rings is 1. The summed E-state index contributed by atoms with van der Waals surface area (Å²) in [6, 6.07) is 5.91. The van der Waals surface area contributed by atoms with Crippen molar-refractivity contribution in [2.24, 2.45) is 5.92 Å². The Kier molecular flexibility index (Phi) is 2.82. The molecule has 0 bridgehead atoms. The van der Waals surface area contributed by atoms with Gasteiger partial charge in [-0.05, 0) is 52.2 Å². The van der Waals surface area contributed by atoms with Gasteiger partial charge in [0.2, 0.25) is 0 Å². The summed E-state index contributed by atoms with van der Waals surface area (Å²) < 4.78 is 0.807. The number of para-hydroxylation sites is 1. The predicted octanol–water partition coefficient (Wildman–Crippen LogP) is 4.06. The van der Waals surface area contributed by atoms with Crippen molar-refractivity contribution in [2.45, 2.75) is 32.1 Å². The average molecular weight is 255 g/mol. The first-order valence-electron chi connectivity index (χ1n) is 5.17. The summed E-state index contributed by atoms with van der Waals surface area (Å²) in [4.78, 5) is 0. The molecule has 0 aromatic heterocycles. The van der Waals surface area contributed by atoms with Gasteiger partial charge in [-0.2, -0.15) is 0 Å². The van der Waals surface area contributed by atoms with Gasteiger partial charge in [-0.25, -0.2) is 0 Å². The predicted molar refractivity (Wildman–Crippen MR) is 61.6 cm³/mol. The van der Waals surface area contributed by atoms with Crippen LogP contribution in [0.15, 0.2) is 22.7 Å². The van der Waals surface area contributed by atoms with Crippen LogP contribution in [-0.2, 0) is 0 Å². The third-order valence-corrected chi connectivity index (χ3v) is 4.01. The van der Waals surface area contributed by atoms with Crippen molar-refractivity contribution in [3.05, 3.63) is 28.2 Å². The van der Waals surface area contributed by atoms with Crippen LogP contribution in [-0.4, -0.2) is 5.11 Å². The fraction of sp³-hybridized carbons (Fsp3) is 0.500. The highest BCUT2D eigenvalue weighted by Gasteiger charge is 2.26. The minimum Gasteiger partial charge on any atom is -0.506 e. The van der Waals surface area contributed by atoms with Crippen LogP contribution in [0.4, 0.5) is 0 Å². The molecule has 0 spiro atoms.